The molecule has 0 aliphatic heterocycles. The second-order valence-electron chi connectivity index (χ2n) is 3.46. The average Bonchev–Trinajstić information content (AvgIpc) is 2.82. The van der Waals surface area contributed by atoms with Crippen LogP contribution in [0.2, 0.25) is 0 Å². The third-order valence-electron chi connectivity index (χ3n) is 2.04. The predicted molar refractivity (Wildman–Crippen MR) is 73.3 cm³/mol. The van der Waals surface area contributed by atoms with Crippen molar-refractivity contribution in [1.29, 1.82) is 5.26 Å². The fourth-order valence-corrected chi connectivity index (χ4v) is 2.57. The normalized spacial score (nSPS) is 11.2. The van der Waals surface area contributed by atoms with Crippen LogP contribution >= 0.6 is 33.9 Å². The molecule has 20 heavy (non-hydrogen) atoms. The molecule has 0 aliphatic rings. The highest BCUT2D eigenvalue weighted by atomic mass is 127. The van der Waals surface area contributed by atoms with Crippen LogP contribution < -0.4 is 10.5 Å². The Balaban J connectivity index is 2.32. The minimum atomic E-state index is -4.57. The van der Waals surface area contributed by atoms with Gasteiger partial charge in [-0.05, 0) is 34.7 Å². The molecule has 10 heteroatoms. The lowest BCUT2D eigenvalue weighted by Crippen LogP contribution is -2.03. The summed E-state index contributed by atoms with van der Waals surface area (Å²) < 4.78 is 42.9. The molecule has 0 aliphatic carbocycles. The van der Waals surface area contributed by atoms with Gasteiger partial charge in [-0.1, -0.05) is 16.4 Å². The number of rotatable bonds is 2. The number of benzene rings is 1. The fourth-order valence-electron chi connectivity index (χ4n) is 1.24. The van der Waals surface area contributed by atoms with Crippen LogP contribution in [0.4, 0.5) is 18.9 Å². The number of hydrogen-bond donors (Lipinski definition) is 1. The van der Waals surface area contributed by atoms with Crippen molar-refractivity contribution in [3.63, 3.8) is 0 Å². The monoisotopic (exact) mass is 412 g/mol. The van der Waals surface area contributed by atoms with Gasteiger partial charge in [0.25, 0.3) is 5.19 Å². The Morgan fingerprint density at radius 1 is 1.35 bits per heavy atom. The molecule has 2 aromatic rings. The van der Waals surface area contributed by atoms with Crippen LogP contribution in [0.1, 0.15) is 10.6 Å². The molecule has 0 fully saturated rings. The molecule has 0 radical (unpaired) electrons. The van der Waals surface area contributed by atoms with Crippen LogP contribution in [0, 0.1) is 14.9 Å². The number of ether oxygens (including phenoxy) is 1. The molecule has 2 rings (SSSR count). The maximum absolute atomic E-state index is 12.4. The molecule has 1 heterocycles. The van der Waals surface area contributed by atoms with Crippen molar-refractivity contribution in [2.75, 3.05) is 5.73 Å². The molecule has 0 unspecified atom stereocenters. The van der Waals surface area contributed by atoms with E-state index in [0.717, 1.165) is 0 Å². The average molecular weight is 412 g/mol. The van der Waals surface area contributed by atoms with Gasteiger partial charge in [0, 0.05) is 0 Å². The Morgan fingerprint density at radius 2 is 2.05 bits per heavy atom. The van der Waals surface area contributed by atoms with Crippen molar-refractivity contribution >= 4 is 39.6 Å². The topological polar surface area (TPSA) is 84.8 Å². The highest BCUT2D eigenvalue weighted by molar-refractivity contribution is 14.1. The van der Waals surface area contributed by atoms with Gasteiger partial charge in [-0.3, -0.25) is 0 Å². The molecule has 0 bridgehead atoms. The number of nitrogens with zero attached hydrogens (tertiary/aromatic N) is 3. The summed E-state index contributed by atoms with van der Waals surface area (Å²) in [7, 11) is 0. The number of anilines is 1. The summed E-state index contributed by atoms with van der Waals surface area (Å²) >= 11 is 2.13. The zero-order valence-corrected chi connectivity index (χ0v) is 12.4. The van der Waals surface area contributed by atoms with Gasteiger partial charge in [-0.25, -0.2) is 0 Å². The predicted octanol–water partition coefficient (Wildman–Crippen LogP) is 3.41. The van der Waals surface area contributed by atoms with Crippen molar-refractivity contribution in [2.24, 2.45) is 0 Å². The molecule has 0 atom stereocenters. The number of hydrogen-bond acceptors (Lipinski definition) is 6. The molecule has 5 nitrogen and oxygen atoms in total. The van der Waals surface area contributed by atoms with E-state index in [1.807, 2.05) is 28.7 Å². The van der Waals surface area contributed by atoms with Gasteiger partial charge in [0.15, 0.2) is 5.75 Å². The minimum absolute atomic E-state index is 0.136. The molecule has 0 saturated heterocycles. The third-order valence-corrected chi connectivity index (χ3v) is 3.69. The lowest BCUT2D eigenvalue weighted by atomic mass is 10.2. The van der Waals surface area contributed by atoms with E-state index >= 15 is 0 Å². The first-order chi connectivity index (χ1) is 9.31. The largest absolute Gasteiger partial charge is 0.445 e. The minimum Gasteiger partial charge on any atom is -0.426 e. The smallest absolute Gasteiger partial charge is 0.426 e. The number of alkyl halides is 3. The highest BCUT2D eigenvalue weighted by Gasteiger charge is 2.36. The maximum atomic E-state index is 12.4. The Hall–Kier alpha value is -1.61. The Bertz CT molecular complexity index is 672. The molecular formula is C10H4F3IN4OS. The van der Waals surface area contributed by atoms with Gasteiger partial charge in [-0.2, -0.15) is 18.4 Å². The summed E-state index contributed by atoms with van der Waals surface area (Å²) in [5, 5.41) is 13.7. The van der Waals surface area contributed by atoms with Gasteiger partial charge in [-0.15, -0.1) is 5.10 Å². The Labute approximate surface area is 128 Å². The summed E-state index contributed by atoms with van der Waals surface area (Å²) in [6.45, 7) is 0. The van der Waals surface area contributed by atoms with Gasteiger partial charge in [0.2, 0.25) is 5.01 Å². The summed E-state index contributed by atoms with van der Waals surface area (Å²) in [4.78, 5) is 0. The third kappa shape index (κ3) is 3.10. The van der Waals surface area contributed by atoms with Crippen LogP contribution in [-0.4, -0.2) is 10.2 Å². The van der Waals surface area contributed by atoms with Crippen LogP contribution in [0.15, 0.2) is 12.1 Å². The van der Waals surface area contributed by atoms with Crippen LogP contribution in [0.5, 0.6) is 10.9 Å². The Kier molecular flexibility index (Phi) is 4.00. The first kappa shape index (κ1) is 14.8. The lowest BCUT2D eigenvalue weighted by Gasteiger charge is -2.07. The van der Waals surface area contributed by atoms with Crippen molar-refractivity contribution in [2.45, 2.75) is 6.18 Å². The number of nitrogen functional groups attached to an aromatic ring is 1. The lowest BCUT2D eigenvalue weighted by molar-refractivity contribution is -0.138. The highest BCUT2D eigenvalue weighted by Crippen LogP contribution is 2.38. The number of nitrogens with two attached hydrogens (primary N) is 1. The molecule has 2 N–H and O–H groups in total. The van der Waals surface area contributed by atoms with Crippen molar-refractivity contribution in [3.8, 4) is 17.0 Å². The zero-order valence-electron chi connectivity index (χ0n) is 9.40. The molecule has 104 valence electrons. The molecular weight excluding hydrogens is 408 g/mol. The maximum Gasteiger partial charge on any atom is 0.445 e. The summed E-state index contributed by atoms with van der Waals surface area (Å²) in [5.74, 6) is 0.148. The van der Waals surface area contributed by atoms with E-state index in [0.29, 0.717) is 9.13 Å². The molecule has 0 spiro atoms. The van der Waals surface area contributed by atoms with Gasteiger partial charge >= 0.3 is 6.18 Å². The molecule has 0 amide bonds. The van der Waals surface area contributed by atoms with E-state index in [-0.39, 0.29) is 28.0 Å². The number of nitriles is 1. The van der Waals surface area contributed by atoms with Crippen LogP contribution in [-0.2, 0) is 6.18 Å². The van der Waals surface area contributed by atoms with Crippen molar-refractivity contribution < 1.29 is 17.9 Å². The van der Waals surface area contributed by atoms with Gasteiger partial charge < -0.3 is 10.5 Å². The summed E-state index contributed by atoms with van der Waals surface area (Å²) in [6, 6.07) is 4.77. The van der Waals surface area contributed by atoms with Gasteiger partial charge in [0.05, 0.1) is 20.9 Å². The molecule has 1 aromatic heterocycles. The van der Waals surface area contributed by atoms with E-state index in [1.165, 1.54) is 12.1 Å². The first-order valence-corrected chi connectivity index (χ1v) is 6.78. The molecule has 1 aromatic carbocycles. The van der Waals surface area contributed by atoms with E-state index in [9.17, 15) is 13.2 Å². The van der Waals surface area contributed by atoms with Crippen molar-refractivity contribution in [1.82, 2.24) is 10.2 Å². The van der Waals surface area contributed by atoms with Gasteiger partial charge in [0.1, 0.15) is 0 Å². The van der Waals surface area contributed by atoms with Crippen molar-refractivity contribution in [3.05, 3.63) is 26.3 Å². The second kappa shape index (κ2) is 5.41. The number of halogens is 4. The fraction of sp³-hybridized carbons (Fsp3) is 0.100. The first-order valence-electron chi connectivity index (χ1n) is 4.89. The standard InChI is InChI=1S/C10H4F3IN4OS/c11-10(12,13)8-17-18-9(20-8)19-7-5(14)1-4(3-15)2-6(7)16/h1-2H,16H2. The SMILES string of the molecule is N#Cc1cc(N)c(Oc2nnc(C(F)(F)F)s2)c(I)c1. The van der Waals surface area contributed by atoms with E-state index in [1.54, 1.807) is 0 Å². The van der Waals surface area contributed by atoms with E-state index < -0.39 is 11.2 Å². The summed E-state index contributed by atoms with van der Waals surface area (Å²) in [6.07, 6.45) is -4.57. The quantitative estimate of drug-likeness (QED) is 0.604. The number of aromatic nitrogens is 2. The molecule has 0 saturated carbocycles. The second-order valence-corrected chi connectivity index (χ2v) is 5.56. The van der Waals surface area contributed by atoms with Crippen LogP contribution in [0.3, 0.4) is 0 Å². The zero-order chi connectivity index (χ0) is 14.9. The van der Waals surface area contributed by atoms with Crippen LogP contribution in [0.25, 0.3) is 0 Å². The summed E-state index contributed by atoms with van der Waals surface area (Å²) in [5.41, 5.74) is 6.15. The van der Waals surface area contributed by atoms with E-state index in [4.69, 9.17) is 15.7 Å². The Morgan fingerprint density at radius 3 is 2.55 bits per heavy atom. The van der Waals surface area contributed by atoms with E-state index in [2.05, 4.69) is 10.2 Å².